The lowest BCUT2D eigenvalue weighted by atomic mass is 10.2. The number of thiazole rings is 1. The number of hydrogen-bond donors (Lipinski definition) is 1. The lowest BCUT2D eigenvalue weighted by Crippen LogP contribution is -2.26. The molecule has 0 fully saturated rings. The van der Waals surface area contributed by atoms with Crippen molar-refractivity contribution in [2.24, 2.45) is 0 Å². The van der Waals surface area contributed by atoms with Crippen molar-refractivity contribution < 1.29 is 8.42 Å². The summed E-state index contributed by atoms with van der Waals surface area (Å²) in [6.45, 7) is 2.67. The molecule has 0 atom stereocenters. The van der Waals surface area contributed by atoms with Gasteiger partial charge < -0.3 is 0 Å². The Morgan fingerprint density at radius 2 is 1.81 bits per heavy atom. The van der Waals surface area contributed by atoms with Gasteiger partial charge in [0, 0.05) is 22.2 Å². The summed E-state index contributed by atoms with van der Waals surface area (Å²) in [7, 11) is -3.67. The summed E-state index contributed by atoms with van der Waals surface area (Å²) in [5, 5.41) is 0.589. The molecule has 0 unspecified atom stereocenters. The van der Waals surface area contributed by atoms with Gasteiger partial charge in [-0.3, -0.25) is 9.36 Å². The van der Waals surface area contributed by atoms with Crippen LogP contribution in [0.1, 0.15) is 11.1 Å². The van der Waals surface area contributed by atoms with Gasteiger partial charge in [0.15, 0.2) is 0 Å². The van der Waals surface area contributed by atoms with Crippen molar-refractivity contribution in [3.8, 4) is 0 Å². The number of halogens is 1. The van der Waals surface area contributed by atoms with Gasteiger partial charge in [-0.2, -0.15) is 0 Å². The van der Waals surface area contributed by atoms with Gasteiger partial charge in [0.1, 0.15) is 0 Å². The summed E-state index contributed by atoms with van der Waals surface area (Å²) in [5.41, 5.74) is 2.71. The monoisotopic (exact) mass is 504 g/mol. The number of aryl methyl sites for hydroxylation is 1. The van der Waals surface area contributed by atoms with Crippen LogP contribution in [0.15, 0.2) is 81.3 Å². The standard InChI is InChI=1S/C23H21ClN2O3S3/c1-16-6-8-18(9-7-16)30-13-12-25-32(28,29)19-10-11-21-22(14-19)31-23(27)26(21)15-17-4-2-3-5-20(17)24/h2-11,14,25H,12-13,15H2,1H3. The average molecular weight is 505 g/mol. The molecule has 0 bridgehead atoms. The minimum absolute atomic E-state index is 0.150. The van der Waals surface area contributed by atoms with Crippen LogP contribution in [0.2, 0.25) is 5.02 Å². The predicted octanol–water partition coefficient (Wildman–Crippen LogP) is 5.14. The molecular weight excluding hydrogens is 484 g/mol. The molecule has 1 aromatic heterocycles. The van der Waals surface area contributed by atoms with E-state index in [9.17, 15) is 13.2 Å². The quantitative estimate of drug-likeness (QED) is 0.266. The number of thioether (sulfide) groups is 1. The van der Waals surface area contributed by atoms with Gasteiger partial charge in [-0.05, 0) is 48.9 Å². The van der Waals surface area contributed by atoms with E-state index in [1.54, 1.807) is 34.5 Å². The number of benzene rings is 3. The minimum atomic E-state index is -3.67. The van der Waals surface area contributed by atoms with E-state index in [2.05, 4.69) is 4.72 Å². The lowest BCUT2D eigenvalue weighted by Gasteiger charge is -2.08. The molecule has 0 amide bonds. The Hall–Kier alpha value is -2.10. The average Bonchev–Trinajstić information content (AvgIpc) is 3.08. The number of aromatic nitrogens is 1. The highest BCUT2D eigenvalue weighted by Gasteiger charge is 2.17. The van der Waals surface area contributed by atoms with Crippen molar-refractivity contribution in [3.63, 3.8) is 0 Å². The highest BCUT2D eigenvalue weighted by atomic mass is 35.5. The van der Waals surface area contributed by atoms with Crippen molar-refractivity contribution in [2.75, 3.05) is 12.3 Å². The molecule has 0 aliphatic carbocycles. The first-order chi connectivity index (χ1) is 15.3. The van der Waals surface area contributed by atoms with Gasteiger partial charge >= 0.3 is 4.87 Å². The summed E-state index contributed by atoms with van der Waals surface area (Å²) in [4.78, 5) is 13.6. The molecule has 0 aliphatic heterocycles. The molecule has 166 valence electrons. The van der Waals surface area contributed by atoms with Gasteiger partial charge in [-0.15, -0.1) is 11.8 Å². The topological polar surface area (TPSA) is 68.2 Å². The summed E-state index contributed by atoms with van der Waals surface area (Å²) < 4.78 is 30.4. The number of nitrogens with zero attached hydrogens (tertiary/aromatic N) is 1. The van der Waals surface area contributed by atoms with E-state index >= 15 is 0 Å². The van der Waals surface area contributed by atoms with Crippen LogP contribution < -0.4 is 9.60 Å². The molecule has 0 saturated heterocycles. The van der Waals surface area contributed by atoms with Crippen LogP contribution in [0.4, 0.5) is 0 Å². The van der Waals surface area contributed by atoms with Crippen LogP contribution in [0.25, 0.3) is 10.2 Å². The largest absolute Gasteiger partial charge is 0.308 e. The molecule has 4 aromatic rings. The Bertz CT molecular complexity index is 1410. The number of fused-ring (bicyclic) bond motifs is 1. The van der Waals surface area contributed by atoms with E-state index in [0.29, 0.717) is 34.1 Å². The van der Waals surface area contributed by atoms with Crippen molar-refractivity contribution in [3.05, 3.63) is 92.5 Å². The Morgan fingerprint density at radius 1 is 1.06 bits per heavy atom. The zero-order chi connectivity index (χ0) is 22.7. The SMILES string of the molecule is Cc1ccc(SCCNS(=O)(=O)c2ccc3c(c2)sc(=O)n3Cc2ccccc2Cl)cc1. The van der Waals surface area contributed by atoms with Crippen LogP contribution in [0.3, 0.4) is 0 Å². The highest BCUT2D eigenvalue weighted by molar-refractivity contribution is 7.99. The van der Waals surface area contributed by atoms with E-state index in [1.165, 1.54) is 11.6 Å². The molecule has 0 radical (unpaired) electrons. The first-order valence-electron chi connectivity index (χ1n) is 9.89. The van der Waals surface area contributed by atoms with E-state index in [-0.39, 0.29) is 9.77 Å². The molecular formula is C23H21ClN2O3S3. The number of nitrogens with one attached hydrogen (secondary N) is 1. The molecule has 32 heavy (non-hydrogen) atoms. The second kappa shape index (κ2) is 9.80. The van der Waals surface area contributed by atoms with Crippen molar-refractivity contribution >= 4 is 54.9 Å². The first-order valence-corrected chi connectivity index (χ1v) is 13.6. The molecule has 1 heterocycles. The molecule has 4 rings (SSSR count). The van der Waals surface area contributed by atoms with Gasteiger partial charge in [-0.1, -0.05) is 58.8 Å². The molecule has 9 heteroatoms. The number of rotatable bonds is 8. The fourth-order valence-corrected chi connectivity index (χ4v) is 6.38. The maximum absolute atomic E-state index is 12.7. The maximum Gasteiger partial charge on any atom is 0.308 e. The summed E-state index contributed by atoms with van der Waals surface area (Å²) in [6, 6.07) is 20.2. The van der Waals surface area contributed by atoms with Crippen LogP contribution in [0, 0.1) is 6.92 Å². The van der Waals surface area contributed by atoms with E-state index in [0.717, 1.165) is 21.8 Å². The smallest absolute Gasteiger partial charge is 0.294 e. The van der Waals surface area contributed by atoms with Crippen molar-refractivity contribution in [1.82, 2.24) is 9.29 Å². The van der Waals surface area contributed by atoms with Crippen LogP contribution in [0.5, 0.6) is 0 Å². The minimum Gasteiger partial charge on any atom is -0.294 e. The summed E-state index contributed by atoms with van der Waals surface area (Å²) in [5.74, 6) is 0.617. The summed E-state index contributed by atoms with van der Waals surface area (Å²) in [6.07, 6.45) is 0. The third kappa shape index (κ3) is 5.27. The van der Waals surface area contributed by atoms with E-state index in [1.807, 2.05) is 49.4 Å². The Kier molecular flexibility index (Phi) is 7.07. The molecule has 1 N–H and O–H groups in total. The van der Waals surface area contributed by atoms with Crippen LogP contribution in [-0.4, -0.2) is 25.3 Å². The van der Waals surface area contributed by atoms with Gasteiger partial charge in [0.25, 0.3) is 0 Å². The number of hydrogen-bond acceptors (Lipinski definition) is 5. The van der Waals surface area contributed by atoms with Crippen LogP contribution >= 0.6 is 34.7 Å². The van der Waals surface area contributed by atoms with Gasteiger partial charge in [0.05, 0.1) is 21.7 Å². The zero-order valence-corrected chi connectivity index (χ0v) is 20.5. The first kappa shape index (κ1) is 23.1. The predicted molar refractivity (Wildman–Crippen MR) is 134 cm³/mol. The van der Waals surface area contributed by atoms with E-state index < -0.39 is 10.0 Å². The molecule has 0 spiro atoms. The van der Waals surface area contributed by atoms with Crippen molar-refractivity contribution in [1.29, 1.82) is 0 Å². The Labute approximate surface area is 200 Å². The zero-order valence-electron chi connectivity index (χ0n) is 17.2. The number of sulfonamides is 1. The van der Waals surface area contributed by atoms with Crippen molar-refractivity contribution in [2.45, 2.75) is 23.3 Å². The van der Waals surface area contributed by atoms with E-state index in [4.69, 9.17) is 11.6 Å². The molecule has 5 nitrogen and oxygen atoms in total. The van der Waals surface area contributed by atoms with Gasteiger partial charge in [-0.25, -0.2) is 13.1 Å². The third-order valence-electron chi connectivity index (χ3n) is 4.92. The second-order valence-corrected chi connectivity index (χ2v) is 11.6. The maximum atomic E-state index is 12.7. The lowest BCUT2D eigenvalue weighted by molar-refractivity contribution is 0.584. The summed E-state index contributed by atoms with van der Waals surface area (Å²) >= 11 is 8.86. The molecule has 0 aliphatic rings. The fraction of sp³-hybridized carbons (Fsp3) is 0.174. The molecule has 0 saturated carbocycles. The Morgan fingerprint density at radius 3 is 2.56 bits per heavy atom. The van der Waals surface area contributed by atoms with Gasteiger partial charge in [0.2, 0.25) is 10.0 Å². The third-order valence-corrected chi connectivity index (χ3v) is 8.70. The fourth-order valence-electron chi connectivity index (χ4n) is 3.22. The Balaban J connectivity index is 1.47. The second-order valence-electron chi connectivity index (χ2n) is 7.23. The van der Waals surface area contributed by atoms with Crippen LogP contribution in [-0.2, 0) is 16.6 Å². The highest BCUT2D eigenvalue weighted by Crippen LogP contribution is 2.24. The molecule has 3 aromatic carbocycles. The normalized spacial score (nSPS) is 11.8.